The summed E-state index contributed by atoms with van der Waals surface area (Å²) in [6.45, 7) is 103. The Bertz CT molecular complexity index is 1940. The third-order valence-electron chi connectivity index (χ3n) is 17.1. The summed E-state index contributed by atoms with van der Waals surface area (Å²) in [5.74, 6) is 1.64. The number of hydrogen-bond donors (Lipinski definition) is 4. The second-order valence-electron chi connectivity index (χ2n) is 40.6. The molecule has 27 heteroatoms. The van der Waals surface area contributed by atoms with Gasteiger partial charge in [-0.3, -0.25) is 0 Å². The number of aliphatic hydroxyl groups is 4. The molecule has 149 heavy (non-hydrogen) atoms. The molecule has 0 spiro atoms. The first kappa shape index (κ1) is 195. The van der Waals surface area contributed by atoms with E-state index in [4.69, 9.17) is 129 Å². The molecule has 934 valence electrons. The fourth-order valence-electron chi connectivity index (χ4n) is 9.69. The van der Waals surface area contributed by atoms with Crippen LogP contribution in [-0.4, -0.2) is 342 Å². The van der Waals surface area contributed by atoms with Crippen molar-refractivity contribution in [2.24, 2.45) is 11.8 Å². The third-order valence-corrected chi connectivity index (χ3v) is 17.1. The summed E-state index contributed by atoms with van der Waals surface area (Å²) in [6.07, 6.45) is 31.4. The zero-order valence-electron chi connectivity index (χ0n) is 103. The summed E-state index contributed by atoms with van der Waals surface area (Å²) < 4.78 is 119. The third kappa shape index (κ3) is 265. The molecule has 3 fully saturated rings. The summed E-state index contributed by atoms with van der Waals surface area (Å²) in [5, 5.41) is 34.8. The first-order chi connectivity index (χ1) is 66.6. The maximum Gasteiger partial charge on any atom is 0.0824 e. The van der Waals surface area contributed by atoms with Gasteiger partial charge in [0.25, 0.3) is 0 Å². The van der Waals surface area contributed by atoms with Crippen LogP contribution in [0.4, 0.5) is 0 Å². The second-order valence-corrected chi connectivity index (χ2v) is 40.6. The van der Waals surface area contributed by atoms with E-state index in [0.717, 1.165) is 143 Å². The highest BCUT2D eigenvalue weighted by Gasteiger charge is 2.20. The van der Waals surface area contributed by atoms with Crippen molar-refractivity contribution in [1.82, 2.24) is 0 Å². The van der Waals surface area contributed by atoms with Gasteiger partial charge >= 0.3 is 0 Å². The smallest absolute Gasteiger partial charge is 0.0824 e. The van der Waals surface area contributed by atoms with Crippen LogP contribution in [0.1, 0.15) is 478 Å². The summed E-state index contributed by atoms with van der Waals surface area (Å²) in [6, 6.07) is 0. The van der Waals surface area contributed by atoms with Crippen LogP contribution in [0.2, 0.25) is 0 Å². The average molecular weight is 2180 g/mol. The van der Waals surface area contributed by atoms with E-state index in [1.165, 1.54) is 96.3 Å². The first-order valence-electron chi connectivity index (χ1n) is 55.9. The molecule has 3 rings (SSSR count). The molecule has 0 aromatic rings. The van der Waals surface area contributed by atoms with Crippen LogP contribution < -0.4 is 0 Å². The van der Waals surface area contributed by atoms with Gasteiger partial charge in [0.1, 0.15) is 0 Å². The number of rotatable bonds is 65. The molecule has 1 aliphatic heterocycles. The van der Waals surface area contributed by atoms with Crippen molar-refractivity contribution in [3.05, 3.63) is 0 Å². The monoisotopic (exact) mass is 2180 g/mol. The fourth-order valence-corrected chi connectivity index (χ4v) is 9.69. The highest BCUT2D eigenvalue weighted by molar-refractivity contribution is 4.70. The van der Waals surface area contributed by atoms with Gasteiger partial charge in [-0.15, -0.1) is 0 Å². The predicted molar refractivity (Wildman–Crippen MR) is 647 cm³/mol. The van der Waals surface area contributed by atoms with E-state index in [-0.39, 0.29) is 89.1 Å². The van der Waals surface area contributed by atoms with Crippen LogP contribution in [0.15, 0.2) is 0 Å². The fraction of sp³-hybridized carbons (Fsp3) is 1.00. The Labute approximate surface area is 935 Å². The molecule has 0 aromatic heterocycles. The van der Waals surface area contributed by atoms with Crippen molar-refractivity contribution < 1.29 is 129 Å². The van der Waals surface area contributed by atoms with Gasteiger partial charge in [-0.05, 0) is 371 Å². The number of ether oxygens (including phenoxy) is 23. The maximum atomic E-state index is 9.14. The summed E-state index contributed by atoms with van der Waals surface area (Å²) in [5.41, 5.74) is -0.690. The van der Waals surface area contributed by atoms with E-state index in [2.05, 4.69) is 125 Å². The van der Waals surface area contributed by atoms with Crippen molar-refractivity contribution in [2.75, 3.05) is 194 Å². The van der Waals surface area contributed by atoms with E-state index in [1.807, 2.05) is 138 Å². The lowest BCUT2D eigenvalue weighted by molar-refractivity contribution is -0.0423. The van der Waals surface area contributed by atoms with E-state index < -0.39 is 5.60 Å². The summed E-state index contributed by atoms with van der Waals surface area (Å²) in [7, 11) is 6.76. The standard InChI is InChI=1S/C9H18O2.C9H20O.C8H18O3.2C8H18O2.C8H16O.C8H18O.2C7H16O2.C7H14O.4C6H14O2.2C6H14O.7CH4/c1-8(2)11-7-9-3-5-10-6-4-9;1-4-5-6-7-8-10-9(2)3;1-8(2)11-7-6-10-5-4-9-3;1-8(2)10-7-5-4-6-9-3;1-4-5-9-6-7-10-8(2)3;1-7(2)9-6-8-4-3-5-8;1-4-5-6-7-9-8(2)3;1-6(2)9-5-7(3,4)8;1-7(2)9-6-4-5-8-3;1-6(2)8-7-4-3-5-7;1-6(2)8-5-4-7-3;2*1-5(2)8-4-6(3)7;1-6(2)8-5-3-4-7;1-5(2)7-6(3)4;1-4-5-7-6(2)3;;;;;;;/h8-9H,3-7H2,1-2H3;9H,4-8H2,1-3H3;8H,4-7H2,1-3H3;2*8H,4-7H2,1-3H3;7-8H,3-6H2,1-2H3;8H,4-7H2,1-3H3;6,8H,5H2,1-4H3;7H,4-6H2,1-3H3;6-7H,3-5H2,1-2H3;6H,4-5H2,1-3H3;2*5-7H,4H2,1-3H3;6-7H,3-5H2,1-2H3;5-6H,1-4H3;6H,4-5H2,1-3H3;7*1H4/t;;;;;;;;;;;6-;;;;;;;;;;;/m...........1.........../s1. The quantitative estimate of drug-likeness (QED) is 0.0411. The highest BCUT2D eigenvalue weighted by Crippen LogP contribution is 2.27. The number of methoxy groups -OCH3 is 4. The SMILES string of the molecule is C.C.C.C.C.C.C.CC(C)OC(C)C.CC(C)OC1CCC1.CC(C)OCC(C)(C)O.CC(C)OCC1CCC1.CC(C)OCC1CCOCC1.CC(C)OCCCO.CC(C)OC[C@@H](C)O.CC(O)COC(C)C.CCCCCCOC(C)C.CCCCCOC(C)C.CCCOC(C)C.CCCOCCOC(C)C.COCCCCOC(C)C.COCCCOC(C)C.COCCOC(C)C.COCCOCCOC(C)C. The average Bonchev–Trinajstić information content (AvgIpc) is 0.932. The molecule has 0 amide bonds. The molecule has 2 saturated carbocycles. The molecule has 0 bridgehead atoms. The van der Waals surface area contributed by atoms with Gasteiger partial charge < -0.3 is 129 Å². The molecule has 0 aromatic carbocycles. The van der Waals surface area contributed by atoms with Crippen LogP contribution in [-0.2, 0) is 109 Å². The van der Waals surface area contributed by atoms with Crippen molar-refractivity contribution in [3.63, 3.8) is 0 Å². The van der Waals surface area contributed by atoms with Crippen molar-refractivity contribution >= 4 is 0 Å². The molecule has 0 radical (unpaired) electrons. The minimum atomic E-state index is -0.690. The number of hydrogen-bond acceptors (Lipinski definition) is 27. The summed E-state index contributed by atoms with van der Waals surface area (Å²) in [4.78, 5) is 0. The zero-order chi connectivity index (χ0) is 112. The lowest BCUT2D eigenvalue weighted by atomic mass is 9.86. The van der Waals surface area contributed by atoms with Gasteiger partial charge in [-0.2, -0.15) is 0 Å². The number of aliphatic hydroxyl groups excluding tert-OH is 3. The molecule has 1 saturated heterocycles. The van der Waals surface area contributed by atoms with Crippen molar-refractivity contribution in [3.8, 4) is 0 Å². The highest BCUT2D eigenvalue weighted by atomic mass is 16.6. The van der Waals surface area contributed by atoms with Gasteiger partial charge in [0.15, 0.2) is 0 Å². The Hall–Kier alpha value is -1.08. The van der Waals surface area contributed by atoms with Gasteiger partial charge in [0.05, 0.1) is 200 Å². The Morgan fingerprint density at radius 1 is 0.255 bits per heavy atom. The Balaban J connectivity index is -0.0000000661. The minimum Gasteiger partial charge on any atom is -0.396 e. The second kappa shape index (κ2) is 160. The van der Waals surface area contributed by atoms with Crippen LogP contribution in [0, 0.1) is 11.8 Å². The number of unbranched alkanes of at least 4 members (excludes halogenated alkanes) is 6. The van der Waals surface area contributed by atoms with Crippen molar-refractivity contribution in [1.29, 1.82) is 0 Å². The predicted octanol–water partition coefficient (Wildman–Crippen LogP) is 30.5. The molecular weight excluding hydrogens is 1900 g/mol. The largest absolute Gasteiger partial charge is 0.396 e. The lowest BCUT2D eigenvalue weighted by Crippen LogP contribution is -2.27. The van der Waals surface area contributed by atoms with E-state index in [1.54, 1.807) is 56.1 Å². The normalized spacial score (nSPS) is 12.7. The Kier molecular flexibility index (Phi) is 209. The zero-order valence-corrected chi connectivity index (χ0v) is 103. The Morgan fingerprint density at radius 3 is 0.758 bits per heavy atom. The van der Waals surface area contributed by atoms with Crippen LogP contribution in [0.25, 0.3) is 0 Å². The van der Waals surface area contributed by atoms with E-state index in [0.29, 0.717) is 158 Å². The lowest BCUT2D eigenvalue weighted by Gasteiger charge is -2.27. The minimum absolute atomic E-state index is 0. The molecule has 27 nitrogen and oxygen atoms in total. The van der Waals surface area contributed by atoms with E-state index >= 15 is 0 Å². The van der Waals surface area contributed by atoms with Crippen LogP contribution in [0.5, 0.6) is 0 Å². The maximum absolute atomic E-state index is 9.14. The molecule has 3 aliphatic rings. The molecule has 1 unspecified atom stereocenters. The summed E-state index contributed by atoms with van der Waals surface area (Å²) >= 11 is 0. The van der Waals surface area contributed by atoms with Crippen LogP contribution in [0.3, 0.4) is 0 Å². The van der Waals surface area contributed by atoms with Crippen LogP contribution >= 0.6 is 0 Å². The molecule has 4 N–H and O–H groups in total. The molecular formula is C122H284O27. The van der Waals surface area contributed by atoms with Gasteiger partial charge in [0, 0.05) is 121 Å². The van der Waals surface area contributed by atoms with E-state index in [9.17, 15) is 0 Å². The van der Waals surface area contributed by atoms with Crippen molar-refractivity contribution in [2.45, 2.75) is 605 Å². The Morgan fingerprint density at radius 2 is 0.517 bits per heavy atom. The first-order valence-corrected chi connectivity index (χ1v) is 55.9. The molecule has 1 heterocycles. The van der Waals surface area contributed by atoms with Gasteiger partial charge in [0.2, 0.25) is 0 Å². The van der Waals surface area contributed by atoms with Gasteiger partial charge in [-0.1, -0.05) is 118 Å². The molecule has 2 atom stereocenters. The molecule has 2 aliphatic carbocycles. The van der Waals surface area contributed by atoms with Gasteiger partial charge in [-0.25, -0.2) is 0 Å². The topological polar surface area (TPSA) is 293 Å².